The van der Waals surface area contributed by atoms with E-state index in [2.05, 4.69) is 19.2 Å². The number of nitrogens with one attached hydrogen (secondary N) is 1. The highest BCUT2D eigenvalue weighted by Crippen LogP contribution is 2.29. The summed E-state index contributed by atoms with van der Waals surface area (Å²) in [7, 11) is -3.73. The van der Waals surface area contributed by atoms with Gasteiger partial charge < -0.3 is 10.1 Å². The lowest BCUT2D eigenvalue weighted by molar-refractivity contribution is -0.122. The van der Waals surface area contributed by atoms with E-state index >= 15 is 0 Å². The molecule has 2 unspecified atom stereocenters. The molecule has 0 spiro atoms. The van der Waals surface area contributed by atoms with E-state index in [0.29, 0.717) is 29.6 Å². The smallest absolute Gasteiger partial charge is 0.265 e. The Bertz CT molecular complexity index is 1190. The Hall–Kier alpha value is -3.32. The molecule has 3 aromatic carbocycles. The number of sulfonamides is 1. The molecule has 180 valence electrons. The molecule has 0 aliphatic carbocycles. The lowest BCUT2D eigenvalue weighted by Crippen LogP contribution is -2.31. The molecule has 1 amide bonds. The average Bonchev–Trinajstić information content (AvgIpc) is 2.85. The highest BCUT2D eigenvalue weighted by Gasteiger charge is 2.24. The molecule has 0 heterocycles. The quantitative estimate of drug-likeness (QED) is 0.397. The van der Waals surface area contributed by atoms with Gasteiger partial charge in [-0.25, -0.2) is 8.42 Å². The third kappa shape index (κ3) is 5.78. The number of hydrogen-bond donors (Lipinski definition) is 1. The van der Waals surface area contributed by atoms with Gasteiger partial charge in [0, 0.05) is 12.2 Å². The Morgan fingerprint density at radius 1 is 0.912 bits per heavy atom. The number of ether oxygens (including phenoxy) is 1. The second-order valence-corrected chi connectivity index (χ2v) is 9.99. The SMILES string of the molecule is CCC(C)c1ccccc1OC(C)C(=O)Nc1ccc(S(=O)(=O)N(CC)c2ccccc2)cc1. The highest BCUT2D eigenvalue weighted by atomic mass is 32.2. The molecule has 0 aliphatic heterocycles. The van der Waals surface area contributed by atoms with Crippen molar-refractivity contribution >= 4 is 27.3 Å². The van der Waals surface area contributed by atoms with Crippen molar-refractivity contribution in [3.63, 3.8) is 0 Å². The van der Waals surface area contributed by atoms with Gasteiger partial charge in [-0.15, -0.1) is 0 Å². The summed E-state index contributed by atoms with van der Waals surface area (Å²) in [4.78, 5) is 12.9. The van der Waals surface area contributed by atoms with Gasteiger partial charge in [-0.3, -0.25) is 9.10 Å². The summed E-state index contributed by atoms with van der Waals surface area (Å²) in [6, 6.07) is 22.9. The van der Waals surface area contributed by atoms with Crippen molar-refractivity contribution in [2.24, 2.45) is 0 Å². The standard InChI is InChI=1S/C27H32N2O4S/c1-5-20(3)25-14-10-11-15-26(25)33-21(4)27(30)28-22-16-18-24(19-17-22)34(31,32)29(6-2)23-12-8-7-9-13-23/h7-21H,5-6H2,1-4H3,(H,28,30). The van der Waals surface area contributed by atoms with Gasteiger partial charge in [-0.05, 0) is 74.2 Å². The van der Waals surface area contributed by atoms with Crippen molar-refractivity contribution in [3.8, 4) is 5.75 Å². The predicted molar refractivity (Wildman–Crippen MR) is 137 cm³/mol. The fraction of sp³-hybridized carbons (Fsp3) is 0.296. The van der Waals surface area contributed by atoms with E-state index in [1.807, 2.05) is 30.3 Å². The molecule has 2 atom stereocenters. The van der Waals surface area contributed by atoms with E-state index in [1.54, 1.807) is 50.2 Å². The first-order valence-corrected chi connectivity index (χ1v) is 13.0. The minimum atomic E-state index is -3.73. The van der Waals surface area contributed by atoms with E-state index in [0.717, 1.165) is 12.0 Å². The van der Waals surface area contributed by atoms with Crippen molar-refractivity contribution in [2.75, 3.05) is 16.2 Å². The number of rotatable bonds is 10. The molecule has 7 heteroatoms. The number of anilines is 2. The Morgan fingerprint density at radius 2 is 1.53 bits per heavy atom. The van der Waals surface area contributed by atoms with Crippen molar-refractivity contribution in [2.45, 2.75) is 51.0 Å². The zero-order chi connectivity index (χ0) is 24.7. The third-order valence-corrected chi connectivity index (χ3v) is 7.69. The van der Waals surface area contributed by atoms with Crippen LogP contribution in [0.3, 0.4) is 0 Å². The second kappa shape index (κ2) is 11.2. The summed E-state index contributed by atoms with van der Waals surface area (Å²) < 4.78 is 33.6. The van der Waals surface area contributed by atoms with Gasteiger partial charge in [-0.2, -0.15) is 0 Å². The zero-order valence-corrected chi connectivity index (χ0v) is 20.9. The number of carbonyl (C=O) groups is 1. The van der Waals surface area contributed by atoms with Crippen molar-refractivity contribution in [1.82, 2.24) is 0 Å². The molecule has 6 nitrogen and oxygen atoms in total. The fourth-order valence-corrected chi connectivity index (χ4v) is 5.10. The zero-order valence-electron chi connectivity index (χ0n) is 20.1. The molecule has 3 aromatic rings. The molecular formula is C27H32N2O4S. The first kappa shape index (κ1) is 25.3. The summed E-state index contributed by atoms with van der Waals surface area (Å²) >= 11 is 0. The van der Waals surface area contributed by atoms with Gasteiger partial charge in [0.15, 0.2) is 6.10 Å². The molecule has 3 rings (SSSR count). The number of para-hydroxylation sites is 2. The lowest BCUT2D eigenvalue weighted by Gasteiger charge is -2.23. The van der Waals surface area contributed by atoms with Crippen LogP contribution in [0.2, 0.25) is 0 Å². The molecule has 0 fully saturated rings. The number of carbonyl (C=O) groups excluding carboxylic acids is 1. The summed E-state index contributed by atoms with van der Waals surface area (Å²) in [5.41, 5.74) is 2.17. The van der Waals surface area contributed by atoms with Gasteiger partial charge >= 0.3 is 0 Å². The molecule has 0 saturated heterocycles. The van der Waals surface area contributed by atoms with Crippen LogP contribution in [0.25, 0.3) is 0 Å². The Balaban J connectivity index is 1.70. The summed E-state index contributed by atoms with van der Waals surface area (Å²) in [6.07, 6.45) is 0.248. The third-order valence-electron chi connectivity index (χ3n) is 5.78. The predicted octanol–water partition coefficient (Wildman–Crippen LogP) is 5.82. The minimum Gasteiger partial charge on any atom is -0.481 e. The topological polar surface area (TPSA) is 75.7 Å². The van der Waals surface area contributed by atoms with Gasteiger partial charge in [0.05, 0.1) is 10.6 Å². The van der Waals surface area contributed by atoms with E-state index in [1.165, 1.54) is 16.4 Å². The van der Waals surface area contributed by atoms with Crippen LogP contribution < -0.4 is 14.4 Å². The Morgan fingerprint density at radius 3 is 2.15 bits per heavy atom. The van der Waals surface area contributed by atoms with Crippen LogP contribution in [-0.4, -0.2) is 27.0 Å². The summed E-state index contributed by atoms with van der Waals surface area (Å²) in [5.74, 6) is 0.704. The number of amides is 1. The number of nitrogens with zero attached hydrogens (tertiary/aromatic N) is 1. The largest absolute Gasteiger partial charge is 0.481 e. The molecule has 0 aromatic heterocycles. The molecule has 0 radical (unpaired) electrons. The summed E-state index contributed by atoms with van der Waals surface area (Å²) in [6.45, 7) is 8.03. The van der Waals surface area contributed by atoms with Crippen LogP contribution >= 0.6 is 0 Å². The monoisotopic (exact) mass is 480 g/mol. The molecular weight excluding hydrogens is 448 g/mol. The van der Waals surface area contributed by atoms with Gasteiger partial charge in [0.1, 0.15) is 5.75 Å². The van der Waals surface area contributed by atoms with Gasteiger partial charge in [-0.1, -0.05) is 50.2 Å². The maximum atomic E-state index is 13.1. The Labute approximate surface area is 202 Å². The first-order valence-electron chi connectivity index (χ1n) is 11.5. The van der Waals surface area contributed by atoms with Crippen molar-refractivity contribution < 1.29 is 17.9 Å². The number of hydrogen-bond acceptors (Lipinski definition) is 4. The second-order valence-electron chi connectivity index (χ2n) is 8.13. The lowest BCUT2D eigenvalue weighted by atomic mass is 9.98. The van der Waals surface area contributed by atoms with Crippen LogP contribution in [0.1, 0.15) is 45.6 Å². The van der Waals surface area contributed by atoms with Gasteiger partial charge in [0.25, 0.3) is 15.9 Å². The highest BCUT2D eigenvalue weighted by molar-refractivity contribution is 7.92. The van der Waals surface area contributed by atoms with Crippen molar-refractivity contribution in [1.29, 1.82) is 0 Å². The van der Waals surface area contributed by atoms with Gasteiger partial charge in [0.2, 0.25) is 0 Å². The van der Waals surface area contributed by atoms with Crippen molar-refractivity contribution in [3.05, 3.63) is 84.4 Å². The maximum absolute atomic E-state index is 13.1. The van der Waals surface area contributed by atoms with Crippen LogP contribution in [0.5, 0.6) is 5.75 Å². The molecule has 0 saturated carbocycles. The van der Waals surface area contributed by atoms with E-state index in [4.69, 9.17) is 4.74 Å². The average molecular weight is 481 g/mol. The van der Waals surface area contributed by atoms with E-state index in [9.17, 15) is 13.2 Å². The first-order chi connectivity index (χ1) is 16.3. The molecule has 1 N–H and O–H groups in total. The van der Waals surface area contributed by atoms with E-state index < -0.39 is 16.1 Å². The van der Waals surface area contributed by atoms with Crippen LogP contribution in [0.4, 0.5) is 11.4 Å². The maximum Gasteiger partial charge on any atom is 0.265 e. The fourth-order valence-electron chi connectivity index (χ4n) is 3.63. The van der Waals surface area contributed by atoms with Crippen LogP contribution in [-0.2, 0) is 14.8 Å². The Kier molecular flexibility index (Phi) is 8.34. The van der Waals surface area contributed by atoms with Crippen LogP contribution in [0, 0.1) is 0 Å². The van der Waals surface area contributed by atoms with E-state index in [-0.39, 0.29) is 10.8 Å². The molecule has 0 bridgehead atoms. The van der Waals surface area contributed by atoms with Crippen LogP contribution in [0.15, 0.2) is 83.8 Å². The molecule has 34 heavy (non-hydrogen) atoms. The summed E-state index contributed by atoms with van der Waals surface area (Å²) in [5, 5.41) is 2.81. The number of benzene rings is 3. The molecule has 0 aliphatic rings. The minimum absolute atomic E-state index is 0.156. The normalized spacial score (nSPS) is 13.1.